The van der Waals surface area contributed by atoms with Crippen molar-refractivity contribution in [3.05, 3.63) is 23.8 Å². The number of aryl methyl sites for hydroxylation is 1. The Morgan fingerprint density at radius 3 is 2.46 bits per heavy atom. The molecule has 3 heteroatoms. The van der Waals surface area contributed by atoms with Crippen LogP contribution in [0.4, 0.5) is 0 Å². The summed E-state index contributed by atoms with van der Waals surface area (Å²) in [6, 6.07) is 6.90. The van der Waals surface area contributed by atoms with Crippen LogP contribution in [0, 0.1) is 6.07 Å². The van der Waals surface area contributed by atoms with E-state index in [1.807, 2.05) is 12.1 Å². The van der Waals surface area contributed by atoms with Gasteiger partial charge in [-0.1, -0.05) is 13.3 Å². The van der Waals surface area contributed by atoms with Crippen LogP contribution in [0.15, 0.2) is 12.1 Å². The Hall–Kier alpha value is -0.583. The standard InChI is InChI=1S/C10H13O2.Li/c1-4-8-5-6-9(11-2)10(7-8)12-3;/h5,7H,4H2,1-3H3;/q-1;+1. The van der Waals surface area contributed by atoms with E-state index in [2.05, 4.69) is 13.0 Å². The average molecular weight is 172 g/mol. The fraction of sp³-hybridized carbons (Fsp3) is 0.400. The Bertz CT molecular complexity index is 261. The van der Waals surface area contributed by atoms with Crippen molar-refractivity contribution in [2.75, 3.05) is 14.2 Å². The summed E-state index contributed by atoms with van der Waals surface area (Å²) in [5.41, 5.74) is 1.20. The van der Waals surface area contributed by atoms with Crippen LogP contribution in [0.5, 0.6) is 11.5 Å². The van der Waals surface area contributed by atoms with Crippen LogP contribution < -0.4 is 28.3 Å². The third-order valence-corrected chi connectivity index (χ3v) is 1.76. The van der Waals surface area contributed by atoms with Gasteiger partial charge in [-0.05, 0) is 0 Å². The molecule has 0 atom stereocenters. The third-order valence-electron chi connectivity index (χ3n) is 1.76. The summed E-state index contributed by atoms with van der Waals surface area (Å²) in [5, 5.41) is 0. The van der Waals surface area contributed by atoms with Gasteiger partial charge < -0.3 is 9.47 Å². The van der Waals surface area contributed by atoms with Gasteiger partial charge >= 0.3 is 18.9 Å². The molecule has 0 saturated heterocycles. The molecule has 0 saturated carbocycles. The van der Waals surface area contributed by atoms with E-state index in [4.69, 9.17) is 9.47 Å². The molecule has 0 radical (unpaired) electrons. The first-order valence-electron chi connectivity index (χ1n) is 3.94. The molecule has 0 bridgehead atoms. The minimum atomic E-state index is 0. The number of methoxy groups -OCH3 is 2. The SMILES string of the molecule is CCc1c[c-]c(OC)c(OC)c1.[Li+]. The molecular formula is C10H13LiO2. The van der Waals surface area contributed by atoms with E-state index in [1.54, 1.807) is 14.2 Å². The zero-order chi connectivity index (χ0) is 8.97. The van der Waals surface area contributed by atoms with Crippen molar-refractivity contribution in [1.29, 1.82) is 0 Å². The van der Waals surface area contributed by atoms with Crippen molar-refractivity contribution in [2.24, 2.45) is 0 Å². The average Bonchev–Trinajstić information content (AvgIpc) is 2.16. The molecule has 0 fully saturated rings. The summed E-state index contributed by atoms with van der Waals surface area (Å²) in [7, 11) is 3.24. The van der Waals surface area contributed by atoms with Crippen molar-refractivity contribution >= 4 is 0 Å². The van der Waals surface area contributed by atoms with Crippen LogP contribution >= 0.6 is 0 Å². The van der Waals surface area contributed by atoms with Gasteiger partial charge in [0.2, 0.25) is 0 Å². The summed E-state index contributed by atoms with van der Waals surface area (Å²) >= 11 is 0. The summed E-state index contributed by atoms with van der Waals surface area (Å²) in [6.45, 7) is 2.09. The third kappa shape index (κ3) is 2.99. The molecule has 0 heterocycles. The Kier molecular flexibility index (Phi) is 5.69. The first-order chi connectivity index (χ1) is 5.81. The number of hydrogen-bond donors (Lipinski definition) is 0. The van der Waals surface area contributed by atoms with Gasteiger partial charge in [-0.2, -0.15) is 11.6 Å². The van der Waals surface area contributed by atoms with E-state index in [-0.39, 0.29) is 18.9 Å². The maximum atomic E-state index is 5.12. The van der Waals surface area contributed by atoms with Gasteiger partial charge in [0.25, 0.3) is 0 Å². The molecular weight excluding hydrogens is 159 g/mol. The minimum absolute atomic E-state index is 0. The molecule has 0 amide bonds. The number of ether oxygens (including phenoxy) is 2. The molecule has 66 valence electrons. The zero-order valence-corrected chi connectivity index (χ0v) is 8.68. The van der Waals surface area contributed by atoms with Gasteiger partial charge in [-0.3, -0.25) is 0 Å². The van der Waals surface area contributed by atoms with Crippen LogP contribution in [0.25, 0.3) is 0 Å². The van der Waals surface area contributed by atoms with E-state index in [0.29, 0.717) is 5.75 Å². The molecule has 0 spiro atoms. The maximum absolute atomic E-state index is 5.12. The molecule has 0 unspecified atom stereocenters. The van der Waals surface area contributed by atoms with Crippen LogP contribution in [0.1, 0.15) is 12.5 Å². The van der Waals surface area contributed by atoms with Crippen molar-refractivity contribution in [2.45, 2.75) is 13.3 Å². The zero-order valence-electron chi connectivity index (χ0n) is 8.68. The number of benzene rings is 1. The topological polar surface area (TPSA) is 18.5 Å². The van der Waals surface area contributed by atoms with Gasteiger partial charge in [-0.15, -0.1) is 12.1 Å². The normalized spacial score (nSPS) is 8.85. The molecule has 0 N–H and O–H groups in total. The fourth-order valence-electron chi connectivity index (χ4n) is 1.02. The molecule has 0 aliphatic heterocycles. The Morgan fingerprint density at radius 2 is 2.00 bits per heavy atom. The van der Waals surface area contributed by atoms with Gasteiger partial charge in [-0.25, -0.2) is 0 Å². The van der Waals surface area contributed by atoms with E-state index in [1.165, 1.54) is 5.56 Å². The quantitative estimate of drug-likeness (QED) is 0.433. The smallest absolute Gasteiger partial charge is 0.551 e. The van der Waals surface area contributed by atoms with Gasteiger partial charge in [0.15, 0.2) is 0 Å². The predicted octanol–water partition coefficient (Wildman–Crippen LogP) is -0.930. The van der Waals surface area contributed by atoms with Gasteiger partial charge in [0, 0.05) is 11.5 Å². The number of hydrogen-bond acceptors (Lipinski definition) is 2. The van der Waals surface area contributed by atoms with Crippen LogP contribution in [-0.4, -0.2) is 14.2 Å². The molecule has 0 aliphatic carbocycles. The first kappa shape index (κ1) is 12.4. The van der Waals surface area contributed by atoms with Crippen LogP contribution in [0.3, 0.4) is 0 Å². The molecule has 13 heavy (non-hydrogen) atoms. The summed E-state index contributed by atoms with van der Waals surface area (Å²) in [5.74, 6) is 1.41. The van der Waals surface area contributed by atoms with Crippen molar-refractivity contribution in [3.8, 4) is 11.5 Å². The van der Waals surface area contributed by atoms with Gasteiger partial charge in [0.05, 0.1) is 14.2 Å². The molecule has 0 aromatic heterocycles. The molecule has 0 aliphatic rings. The largest absolute Gasteiger partial charge is 1.00 e. The molecule has 1 aromatic carbocycles. The summed E-state index contributed by atoms with van der Waals surface area (Å²) in [4.78, 5) is 0. The van der Waals surface area contributed by atoms with E-state index in [9.17, 15) is 0 Å². The molecule has 2 nitrogen and oxygen atoms in total. The minimum Gasteiger partial charge on any atom is -0.551 e. The van der Waals surface area contributed by atoms with Crippen molar-refractivity contribution in [3.63, 3.8) is 0 Å². The van der Waals surface area contributed by atoms with Crippen LogP contribution in [-0.2, 0) is 6.42 Å². The molecule has 1 rings (SSSR count). The second kappa shape index (κ2) is 5.96. The Morgan fingerprint density at radius 1 is 1.31 bits per heavy atom. The van der Waals surface area contributed by atoms with E-state index in [0.717, 1.165) is 12.2 Å². The van der Waals surface area contributed by atoms with E-state index < -0.39 is 0 Å². The van der Waals surface area contributed by atoms with Crippen LogP contribution in [0.2, 0.25) is 0 Å². The second-order valence-corrected chi connectivity index (χ2v) is 2.46. The van der Waals surface area contributed by atoms with E-state index >= 15 is 0 Å². The van der Waals surface area contributed by atoms with Gasteiger partial charge in [0.1, 0.15) is 0 Å². The summed E-state index contributed by atoms with van der Waals surface area (Å²) in [6.07, 6.45) is 0.983. The molecule has 1 aromatic rings. The van der Waals surface area contributed by atoms with Crippen molar-refractivity contribution in [1.82, 2.24) is 0 Å². The Labute approximate surface area is 91.4 Å². The first-order valence-corrected chi connectivity index (χ1v) is 3.94. The monoisotopic (exact) mass is 172 g/mol. The second-order valence-electron chi connectivity index (χ2n) is 2.46. The van der Waals surface area contributed by atoms with Crippen molar-refractivity contribution < 1.29 is 28.3 Å². The predicted molar refractivity (Wildman–Crippen MR) is 47.8 cm³/mol. The summed E-state index contributed by atoms with van der Waals surface area (Å²) < 4.78 is 10.2. The number of rotatable bonds is 3. The fourth-order valence-corrected chi connectivity index (χ4v) is 1.02. The maximum Gasteiger partial charge on any atom is 1.00 e. The Balaban J connectivity index is 0.00000144.